The van der Waals surface area contributed by atoms with E-state index >= 15 is 0 Å². The highest BCUT2D eigenvalue weighted by atomic mass is 16.4. The number of pyridine rings is 1. The number of rotatable bonds is 4. The van der Waals surface area contributed by atoms with Gasteiger partial charge in [-0.15, -0.1) is 0 Å². The van der Waals surface area contributed by atoms with E-state index in [1.165, 1.54) is 10.8 Å². The molecule has 2 aromatic rings. The van der Waals surface area contributed by atoms with Gasteiger partial charge in [0, 0.05) is 13.1 Å². The van der Waals surface area contributed by atoms with Gasteiger partial charge in [0.2, 0.25) is 0 Å². The predicted octanol–water partition coefficient (Wildman–Crippen LogP) is 1.47. The first-order valence-corrected chi connectivity index (χ1v) is 6.16. The minimum Gasteiger partial charge on any atom is -0.478 e. The number of aromatic nitrogens is 3. The average molecular weight is 286 g/mol. The molecule has 2 rings (SSSR count). The molecule has 0 aliphatic heterocycles. The van der Waals surface area contributed by atoms with Crippen LogP contribution in [0.4, 0.5) is 5.82 Å². The standard InChI is InChI=1S/C14H14N4O3/c1-9-8-11(18(2)17-9)14(21)16-12-5-3-4-10(15-12)6-7-13(19)20/h3-8H,1-2H3,(H,19,20)(H,15,16,21). The normalized spacial score (nSPS) is 10.8. The maximum Gasteiger partial charge on any atom is 0.328 e. The Morgan fingerprint density at radius 2 is 2.14 bits per heavy atom. The van der Waals surface area contributed by atoms with E-state index < -0.39 is 5.97 Å². The summed E-state index contributed by atoms with van der Waals surface area (Å²) in [7, 11) is 1.68. The minimum absolute atomic E-state index is 0.329. The Bertz CT molecular complexity index is 719. The molecule has 0 aliphatic rings. The highest BCUT2D eigenvalue weighted by Gasteiger charge is 2.12. The van der Waals surface area contributed by atoms with E-state index in [-0.39, 0.29) is 5.91 Å². The van der Waals surface area contributed by atoms with Gasteiger partial charge in [-0.25, -0.2) is 9.78 Å². The number of carboxylic acids is 1. The number of nitrogens with one attached hydrogen (secondary N) is 1. The van der Waals surface area contributed by atoms with Crippen molar-refractivity contribution in [3.05, 3.63) is 47.4 Å². The molecular weight excluding hydrogens is 272 g/mol. The lowest BCUT2D eigenvalue weighted by molar-refractivity contribution is -0.131. The van der Waals surface area contributed by atoms with E-state index in [1.807, 2.05) is 0 Å². The molecule has 108 valence electrons. The first-order chi connectivity index (χ1) is 9.95. The monoisotopic (exact) mass is 286 g/mol. The molecule has 1 amide bonds. The molecule has 7 nitrogen and oxygen atoms in total. The molecule has 0 radical (unpaired) electrons. The molecule has 7 heteroatoms. The molecule has 0 unspecified atom stereocenters. The summed E-state index contributed by atoms with van der Waals surface area (Å²) in [6, 6.07) is 6.62. The lowest BCUT2D eigenvalue weighted by Crippen LogP contribution is -2.16. The van der Waals surface area contributed by atoms with Gasteiger partial charge in [-0.1, -0.05) is 6.07 Å². The third kappa shape index (κ3) is 3.75. The number of aliphatic carboxylic acids is 1. The van der Waals surface area contributed by atoms with Gasteiger partial charge in [0.1, 0.15) is 11.5 Å². The van der Waals surface area contributed by atoms with Crippen molar-refractivity contribution < 1.29 is 14.7 Å². The summed E-state index contributed by atoms with van der Waals surface area (Å²) >= 11 is 0. The van der Waals surface area contributed by atoms with Crippen molar-refractivity contribution in [3.63, 3.8) is 0 Å². The van der Waals surface area contributed by atoms with Crippen LogP contribution in [-0.4, -0.2) is 31.7 Å². The van der Waals surface area contributed by atoms with Gasteiger partial charge in [-0.05, 0) is 31.2 Å². The fourth-order valence-electron chi connectivity index (χ4n) is 1.77. The van der Waals surface area contributed by atoms with E-state index in [0.717, 1.165) is 11.8 Å². The van der Waals surface area contributed by atoms with Crippen molar-refractivity contribution in [2.75, 3.05) is 5.32 Å². The molecular formula is C14H14N4O3. The van der Waals surface area contributed by atoms with Crippen molar-refractivity contribution >= 4 is 23.8 Å². The van der Waals surface area contributed by atoms with Gasteiger partial charge in [-0.3, -0.25) is 9.48 Å². The number of carbonyl (C=O) groups excluding carboxylic acids is 1. The first kappa shape index (κ1) is 14.4. The molecule has 0 fully saturated rings. The van der Waals surface area contributed by atoms with E-state index in [0.29, 0.717) is 17.2 Å². The van der Waals surface area contributed by atoms with Crippen LogP contribution in [-0.2, 0) is 11.8 Å². The largest absolute Gasteiger partial charge is 0.478 e. The van der Waals surface area contributed by atoms with E-state index in [4.69, 9.17) is 5.11 Å². The third-order valence-corrected chi connectivity index (χ3v) is 2.64. The zero-order chi connectivity index (χ0) is 15.4. The van der Waals surface area contributed by atoms with E-state index in [9.17, 15) is 9.59 Å². The van der Waals surface area contributed by atoms with Crippen molar-refractivity contribution in [1.29, 1.82) is 0 Å². The maximum atomic E-state index is 12.1. The Morgan fingerprint density at radius 1 is 1.38 bits per heavy atom. The molecule has 0 saturated carbocycles. The zero-order valence-corrected chi connectivity index (χ0v) is 11.6. The van der Waals surface area contributed by atoms with Crippen molar-refractivity contribution in [2.24, 2.45) is 7.05 Å². The van der Waals surface area contributed by atoms with Crippen LogP contribution in [0.25, 0.3) is 6.08 Å². The Hall–Kier alpha value is -2.96. The van der Waals surface area contributed by atoms with Crippen LogP contribution in [0.15, 0.2) is 30.3 Å². The Balaban J connectivity index is 2.16. The number of amides is 1. The molecule has 0 saturated heterocycles. The van der Waals surface area contributed by atoms with Crippen LogP contribution in [0.3, 0.4) is 0 Å². The second-order valence-electron chi connectivity index (χ2n) is 4.37. The second-order valence-corrected chi connectivity index (χ2v) is 4.37. The zero-order valence-electron chi connectivity index (χ0n) is 11.6. The molecule has 2 N–H and O–H groups in total. The summed E-state index contributed by atoms with van der Waals surface area (Å²) in [6.45, 7) is 1.80. The molecule has 0 aromatic carbocycles. The Labute approximate surface area is 120 Å². The van der Waals surface area contributed by atoms with Gasteiger partial charge in [0.05, 0.1) is 11.4 Å². The SMILES string of the molecule is Cc1cc(C(=O)Nc2cccc(C=CC(=O)O)n2)n(C)n1. The summed E-state index contributed by atoms with van der Waals surface area (Å²) in [5, 5.41) is 15.3. The number of carboxylic acid groups (broad SMARTS) is 1. The van der Waals surface area contributed by atoms with Gasteiger partial charge in [-0.2, -0.15) is 5.10 Å². The highest BCUT2D eigenvalue weighted by molar-refractivity contribution is 6.02. The molecule has 0 atom stereocenters. The highest BCUT2D eigenvalue weighted by Crippen LogP contribution is 2.09. The van der Waals surface area contributed by atoms with E-state index in [1.54, 1.807) is 38.2 Å². The van der Waals surface area contributed by atoms with Crippen molar-refractivity contribution in [3.8, 4) is 0 Å². The summed E-state index contributed by atoms with van der Waals surface area (Å²) in [5.41, 5.74) is 1.60. The van der Waals surface area contributed by atoms with E-state index in [2.05, 4.69) is 15.4 Å². The summed E-state index contributed by atoms with van der Waals surface area (Å²) in [5.74, 6) is -1.05. The number of hydrogen-bond acceptors (Lipinski definition) is 4. The van der Waals surface area contributed by atoms with Crippen molar-refractivity contribution in [1.82, 2.24) is 14.8 Å². The lowest BCUT2D eigenvalue weighted by atomic mass is 10.3. The van der Waals surface area contributed by atoms with Crippen LogP contribution in [0, 0.1) is 6.92 Å². The number of aryl methyl sites for hydroxylation is 2. The molecule has 0 aliphatic carbocycles. The van der Waals surface area contributed by atoms with Gasteiger partial charge in [0.25, 0.3) is 5.91 Å². The minimum atomic E-state index is -1.06. The van der Waals surface area contributed by atoms with Crippen molar-refractivity contribution in [2.45, 2.75) is 6.92 Å². The lowest BCUT2D eigenvalue weighted by Gasteiger charge is -2.05. The maximum absolute atomic E-state index is 12.1. The van der Waals surface area contributed by atoms with Gasteiger partial charge < -0.3 is 10.4 Å². The smallest absolute Gasteiger partial charge is 0.328 e. The molecule has 2 aromatic heterocycles. The first-order valence-electron chi connectivity index (χ1n) is 6.16. The quantitative estimate of drug-likeness (QED) is 0.830. The average Bonchev–Trinajstić information content (AvgIpc) is 2.76. The van der Waals surface area contributed by atoms with Crippen LogP contribution in [0.1, 0.15) is 21.9 Å². The second kappa shape index (κ2) is 6.00. The van der Waals surface area contributed by atoms with Gasteiger partial charge >= 0.3 is 5.97 Å². The molecule has 21 heavy (non-hydrogen) atoms. The predicted molar refractivity (Wildman–Crippen MR) is 76.8 cm³/mol. The number of anilines is 1. The number of hydrogen-bond donors (Lipinski definition) is 2. The molecule has 0 bridgehead atoms. The Kier molecular flexibility index (Phi) is 4.13. The van der Waals surface area contributed by atoms with Crippen LogP contribution in [0.5, 0.6) is 0 Å². The van der Waals surface area contributed by atoms with Crippen LogP contribution < -0.4 is 5.32 Å². The fraction of sp³-hybridized carbons (Fsp3) is 0.143. The van der Waals surface area contributed by atoms with Crippen LogP contribution in [0.2, 0.25) is 0 Å². The molecule has 0 spiro atoms. The number of carbonyl (C=O) groups is 2. The van der Waals surface area contributed by atoms with Gasteiger partial charge in [0.15, 0.2) is 0 Å². The van der Waals surface area contributed by atoms with Crippen LogP contribution >= 0.6 is 0 Å². The molecule has 2 heterocycles. The Morgan fingerprint density at radius 3 is 2.76 bits per heavy atom. The topological polar surface area (TPSA) is 97.1 Å². The summed E-state index contributed by atoms with van der Waals surface area (Å²) in [4.78, 5) is 26.7. The third-order valence-electron chi connectivity index (χ3n) is 2.64. The summed E-state index contributed by atoms with van der Waals surface area (Å²) in [6.07, 6.45) is 2.34. The summed E-state index contributed by atoms with van der Waals surface area (Å²) < 4.78 is 1.48. The number of nitrogens with zero attached hydrogens (tertiary/aromatic N) is 3. The fourth-order valence-corrected chi connectivity index (χ4v) is 1.77.